The van der Waals surface area contributed by atoms with Gasteiger partial charge in [-0.25, -0.2) is 9.97 Å². The Morgan fingerprint density at radius 3 is 2.52 bits per heavy atom. The Bertz CT molecular complexity index is 610. The van der Waals surface area contributed by atoms with Crippen LogP contribution in [0.25, 0.3) is 0 Å². The molecule has 21 heavy (non-hydrogen) atoms. The largest absolute Gasteiger partial charge is 0.369 e. The van der Waals surface area contributed by atoms with Crippen LogP contribution in [0, 0.1) is 6.92 Å². The molecule has 5 nitrogen and oxygen atoms in total. The third-order valence-corrected chi connectivity index (χ3v) is 3.20. The zero-order chi connectivity index (χ0) is 15.2. The summed E-state index contributed by atoms with van der Waals surface area (Å²) < 4.78 is 0. The number of hydrogen-bond donors (Lipinski definition) is 1. The maximum Gasteiger partial charge on any atom is 0.278 e. The van der Waals surface area contributed by atoms with Crippen molar-refractivity contribution in [1.29, 1.82) is 0 Å². The van der Waals surface area contributed by atoms with E-state index in [1.807, 2.05) is 45.0 Å². The second-order valence-electron chi connectivity index (χ2n) is 4.65. The summed E-state index contributed by atoms with van der Waals surface area (Å²) >= 11 is 0. The number of carbonyl (C=O) groups is 1. The highest BCUT2D eigenvalue weighted by Gasteiger charge is 2.18. The lowest BCUT2D eigenvalue weighted by Gasteiger charge is -2.22. The number of para-hydroxylation sites is 1. The van der Waals surface area contributed by atoms with Crippen LogP contribution in [0.2, 0.25) is 0 Å². The van der Waals surface area contributed by atoms with Gasteiger partial charge in [0.1, 0.15) is 11.5 Å². The Labute approximate surface area is 125 Å². The first-order chi connectivity index (χ1) is 10.2. The highest BCUT2D eigenvalue weighted by atomic mass is 16.2. The normalized spacial score (nSPS) is 10.2. The molecule has 1 amide bonds. The van der Waals surface area contributed by atoms with Crippen molar-refractivity contribution in [3.63, 3.8) is 0 Å². The van der Waals surface area contributed by atoms with E-state index in [1.165, 1.54) is 6.20 Å². The Morgan fingerprint density at radius 1 is 1.19 bits per heavy atom. The van der Waals surface area contributed by atoms with Crippen molar-refractivity contribution in [3.8, 4) is 0 Å². The SMILES string of the molecule is CCNc1cnc(C(=O)N(CC)c2ccccc2C)cn1. The second kappa shape index (κ2) is 6.83. The van der Waals surface area contributed by atoms with Gasteiger partial charge in [-0.3, -0.25) is 4.79 Å². The van der Waals surface area contributed by atoms with Gasteiger partial charge in [-0.05, 0) is 32.4 Å². The molecule has 0 fully saturated rings. The lowest BCUT2D eigenvalue weighted by atomic mass is 10.1. The quantitative estimate of drug-likeness (QED) is 0.917. The van der Waals surface area contributed by atoms with Gasteiger partial charge in [0.2, 0.25) is 0 Å². The smallest absolute Gasteiger partial charge is 0.278 e. The Hall–Kier alpha value is -2.43. The van der Waals surface area contributed by atoms with Crippen LogP contribution in [0.1, 0.15) is 29.9 Å². The minimum Gasteiger partial charge on any atom is -0.369 e. The van der Waals surface area contributed by atoms with Gasteiger partial charge in [0.25, 0.3) is 5.91 Å². The van der Waals surface area contributed by atoms with Crippen LogP contribution < -0.4 is 10.2 Å². The van der Waals surface area contributed by atoms with Crippen molar-refractivity contribution in [1.82, 2.24) is 9.97 Å². The first-order valence-corrected chi connectivity index (χ1v) is 7.10. The number of benzene rings is 1. The van der Waals surface area contributed by atoms with Crippen LogP contribution in [-0.2, 0) is 0 Å². The molecule has 0 aliphatic rings. The van der Waals surface area contributed by atoms with E-state index in [0.717, 1.165) is 17.8 Å². The summed E-state index contributed by atoms with van der Waals surface area (Å²) in [4.78, 5) is 22.7. The highest BCUT2D eigenvalue weighted by molar-refractivity contribution is 6.05. The van der Waals surface area contributed by atoms with Gasteiger partial charge in [0.05, 0.1) is 12.4 Å². The topological polar surface area (TPSA) is 58.1 Å². The molecule has 0 radical (unpaired) electrons. The number of nitrogens with zero attached hydrogens (tertiary/aromatic N) is 3. The number of carbonyl (C=O) groups excluding carboxylic acids is 1. The first kappa shape index (κ1) is 15.0. The summed E-state index contributed by atoms with van der Waals surface area (Å²) in [5.41, 5.74) is 2.31. The van der Waals surface area contributed by atoms with E-state index in [4.69, 9.17) is 0 Å². The molecule has 0 aliphatic heterocycles. The molecular weight excluding hydrogens is 264 g/mol. The van der Waals surface area contributed by atoms with Gasteiger partial charge >= 0.3 is 0 Å². The molecular formula is C16H20N4O. The Balaban J connectivity index is 2.26. The molecule has 0 bridgehead atoms. The average molecular weight is 284 g/mol. The predicted molar refractivity (Wildman–Crippen MR) is 84.7 cm³/mol. The fourth-order valence-electron chi connectivity index (χ4n) is 2.14. The third-order valence-electron chi connectivity index (χ3n) is 3.20. The molecule has 2 rings (SSSR count). The minimum atomic E-state index is -0.137. The number of nitrogens with one attached hydrogen (secondary N) is 1. The fourth-order valence-corrected chi connectivity index (χ4v) is 2.14. The zero-order valence-corrected chi connectivity index (χ0v) is 12.6. The minimum absolute atomic E-state index is 0.137. The Kier molecular flexibility index (Phi) is 4.87. The van der Waals surface area contributed by atoms with Crippen LogP contribution in [-0.4, -0.2) is 29.0 Å². The van der Waals surface area contributed by atoms with E-state index in [1.54, 1.807) is 11.1 Å². The van der Waals surface area contributed by atoms with Crippen molar-refractivity contribution in [2.45, 2.75) is 20.8 Å². The number of rotatable bonds is 5. The number of hydrogen-bond acceptors (Lipinski definition) is 4. The molecule has 5 heteroatoms. The van der Waals surface area contributed by atoms with Crippen molar-refractivity contribution >= 4 is 17.4 Å². The van der Waals surface area contributed by atoms with Crippen LogP contribution >= 0.6 is 0 Å². The first-order valence-electron chi connectivity index (χ1n) is 7.10. The Morgan fingerprint density at radius 2 is 1.95 bits per heavy atom. The molecule has 0 unspecified atom stereocenters. The molecule has 2 aromatic rings. The van der Waals surface area contributed by atoms with Gasteiger partial charge in [-0.15, -0.1) is 0 Å². The van der Waals surface area contributed by atoms with Gasteiger partial charge in [0.15, 0.2) is 0 Å². The molecule has 0 atom stereocenters. The molecule has 1 N–H and O–H groups in total. The summed E-state index contributed by atoms with van der Waals surface area (Å²) in [5.74, 6) is 0.537. The third kappa shape index (κ3) is 3.37. The monoisotopic (exact) mass is 284 g/mol. The fraction of sp³-hybridized carbons (Fsp3) is 0.312. The molecule has 110 valence electrons. The van der Waals surface area contributed by atoms with E-state index in [-0.39, 0.29) is 5.91 Å². The summed E-state index contributed by atoms with van der Waals surface area (Å²) in [6.07, 6.45) is 3.10. The van der Waals surface area contributed by atoms with E-state index in [2.05, 4.69) is 15.3 Å². The van der Waals surface area contributed by atoms with Crippen molar-refractivity contribution in [2.24, 2.45) is 0 Å². The molecule has 1 aromatic heterocycles. The van der Waals surface area contributed by atoms with Crippen molar-refractivity contribution < 1.29 is 4.79 Å². The van der Waals surface area contributed by atoms with E-state index in [9.17, 15) is 4.79 Å². The maximum atomic E-state index is 12.6. The van der Waals surface area contributed by atoms with Gasteiger partial charge in [-0.1, -0.05) is 18.2 Å². The summed E-state index contributed by atoms with van der Waals surface area (Å²) in [7, 11) is 0. The molecule has 1 aromatic carbocycles. The van der Waals surface area contributed by atoms with Crippen LogP contribution in [0.3, 0.4) is 0 Å². The second-order valence-corrected chi connectivity index (χ2v) is 4.65. The number of anilines is 2. The lowest BCUT2D eigenvalue weighted by molar-refractivity contribution is 0.0983. The number of amides is 1. The zero-order valence-electron chi connectivity index (χ0n) is 12.6. The van der Waals surface area contributed by atoms with Crippen LogP contribution in [0.5, 0.6) is 0 Å². The molecule has 0 saturated carbocycles. The van der Waals surface area contributed by atoms with E-state index in [0.29, 0.717) is 18.1 Å². The van der Waals surface area contributed by atoms with Gasteiger partial charge in [-0.2, -0.15) is 0 Å². The molecule has 0 saturated heterocycles. The van der Waals surface area contributed by atoms with Crippen molar-refractivity contribution in [3.05, 3.63) is 47.9 Å². The van der Waals surface area contributed by atoms with Crippen LogP contribution in [0.15, 0.2) is 36.7 Å². The molecule has 0 spiro atoms. The summed E-state index contributed by atoms with van der Waals surface area (Å²) in [5, 5.41) is 3.06. The van der Waals surface area contributed by atoms with Crippen LogP contribution in [0.4, 0.5) is 11.5 Å². The molecule has 1 heterocycles. The standard InChI is InChI=1S/C16H20N4O/c1-4-17-15-11-18-13(10-19-15)16(21)20(5-2)14-9-7-6-8-12(14)3/h6-11H,4-5H2,1-3H3,(H,17,19). The van der Waals surface area contributed by atoms with Gasteiger partial charge < -0.3 is 10.2 Å². The van der Waals surface area contributed by atoms with E-state index >= 15 is 0 Å². The number of aryl methyl sites for hydroxylation is 1. The number of aromatic nitrogens is 2. The van der Waals surface area contributed by atoms with E-state index < -0.39 is 0 Å². The lowest BCUT2D eigenvalue weighted by Crippen LogP contribution is -2.32. The summed E-state index contributed by atoms with van der Waals surface area (Å²) in [6.45, 7) is 7.28. The maximum absolute atomic E-state index is 12.6. The van der Waals surface area contributed by atoms with Crippen molar-refractivity contribution in [2.75, 3.05) is 23.3 Å². The molecule has 0 aliphatic carbocycles. The predicted octanol–water partition coefficient (Wildman–Crippen LogP) is 2.88. The van der Waals surface area contributed by atoms with Gasteiger partial charge in [0, 0.05) is 18.8 Å². The highest BCUT2D eigenvalue weighted by Crippen LogP contribution is 2.20. The average Bonchev–Trinajstić information content (AvgIpc) is 2.51. The summed E-state index contributed by atoms with van der Waals surface area (Å²) in [6, 6.07) is 7.82.